The van der Waals surface area contributed by atoms with E-state index in [1.807, 2.05) is 17.5 Å². The number of nitrogens with one attached hydrogen (secondary N) is 2. The number of unbranched alkanes of at least 4 members (excludes halogenated alkanes) is 1. The highest BCUT2D eigenvalue weighted by Gasteiger charge is 2.43. The van der Waals surface area contributed by atoms with Crippen molar-refractivity contribution in [3.8, 4) is 0 Å². The van der Waals surface area contributed by atoms with Crippen molar-refractivity contribution in [2.75, 3.05) is 65.6 Å². The van der Waals surface area contributed by atoms with E-state index in [4.69, 9.17) is 4.74 Å². The molecule has 1 spiro atoms. The van der Waals surface area contributed by atoms with Crippen LogP contribution >= 0.6 is 11.3 Å². The molecule has 2 aromatic rings. The standard InChI is InChI=1S/C37H54N6O5S/c44-34(38-25-31-9-6-24-49-31)33-27-42(36(46)47)18-19-43(33)35(45)32(10-4-5-16-40-20-22-48-23-21-40)39-30-11-13-37(14-12-30)15-17-41(28-37)26-29-7-2-1-3-8-29/h1-3,6-9,24,30,32-33,39H,4-5,10-23,25-28H2,(H,38,44)(H,46,47)/t30?,32-,33+,37?/m1/s1. The quantitative estimate of drug-likeness (QED) is 0.271. The number of hydrogen-bond donors (Lipinski definition) is 3. The molecule has 3 aliphatic heterocycles. The number of morpholine rings is 1. The van der Waals surface area contributed by atoms with Gasteiger partial charge in [0.2, 0.25) is 11.8 Å². The summed E-state index contributed by atoms with van der Waals surface area (Å²) in [6.45, 7) is 8.44. The molecular weight excluding hydrogens is 641 g/mol. The largest absolute Gasteiger partial charge is 0.465 e. The van der Waals surface area contributed by atoms with Crippen LogP contribution in [0.15, 0.2) is 47.8 Å². The van der Waals surface area contributed by atoms with Crippen molar-refractivity contribution in [1.29, 1.82) is 0 Å². The van der Waals surface area contributed by atoms with E-state index < -0.39 is 18.2 Å². The van der Waals surface area contributed by atoms with Crippen LogP contribution in [-0.2, 0) is 27.4 Å². The molecular formula is C37H54N6O5S. The number of nitrogens with zero attached hydrogens (tertiary/aromatic N) is 4. The number of carbonyl (C=O) groups excluding carboxylic acids is 2. The van der Waals surface area contributed by atoms with Crippen LogP contribution in [0.1, 0.15) is 61.8 Å². The van der Waals surface area contributed by atoms with Crippen LogP contribution in [0.5, 0.6) is 0 Å². The molecule has 11 nitrogen and oxygen atoms in total. The zero-order chi connectivity index (χ0) is 34.1. The molecule has 6 rings (SSSR count). The minimum atomic E-state index is -1.06. The fraction of sp³-hybridized carbons (Fsp3) is 0.649. The van der Waals surface area contributed by atoms with E-state index >= 15 is 0 Å². The van der Waals surface area contributed by atoms with Crippen LogP contribution < -0.4 is 10.6 Å². The first-order valence-corrected chi connectivity index (χ1v) is 19.2. The van der Waals surface area contributed by atoms with Gasteiger partial charge in [-0.05, 0) is 80.5 Å². The summed E-state index contributed by atoms with van der Waals surface area (Å²) in [5.41, 5.74) is 1.72. The predicted molar refractivity (Wildman–Crippen MR) is 190 cm³/mol. The Balaban J connectivity index is 1.09. The van der Waals surface area contributed by atoms with Gasteiger partial charge in [0.25, 0.3) is 0 Å². The summed E-state index contributed by atoms with van der Waals surface area (Å²) < 4.78 is 5.51. The molecule has 1 aliphatic carbocycles. The normalized spacial score (nSPS) is 25.8. The summed E-state index contributed by atoms with van der Waals surface area (Å²) in [7, 11) is 0. The minimum Gasteiger partial charge on any atom is -0.465 e. The molecule has 1 saturated carbocycles. The Bertz CT molecular complexity index is 1350. The summed E-state index contributed by atoms with van der Waals surface area (Å²) >= 11 is 1.55. The van der Waals surface area contributed by atoms with Crippen LogP contribution in [0.25, 0.3) is 0 Å². The highest BCUT2D eigenvalue weighted by molar-refractivity contribution is 7.09. The number of carboxylic acid groups (broad SMARTS) is 1. The summed E-state index contributed by atoms with van der Waals surface area (Å²) in [5, 5.41) is 18.5. The lowest BCUT2D eigenvalue weighted by Gasteiger charge is -2.42. The molecule has 0 unspecified atom stereocenters. The predicted octanol–water partition coefficient (Wildman–Crippen LogP) is 3.85. The number of carbonyl (C=O) groups is 3. The van der Waals surface area contributed by atoms with Crippen molar-refractivity contribution in [2.24, 2.45) is 5.41 Å². The molecule has 1 aromatic carbocycles. The van der Waals surface area contributed by atoms with E-state index in [2.05, 4.69) is 50.8 Å². The monoisotopic (exact) mass is 694 g/mol. The third kappa shape index (κ3) is 9.82. The molecule has 0 bridgehead atoms. The molecule has 12 heteroatoms. The van der Waals surface area contributed by atoms with Gasteiger partial charge in [-0.2, -0.15) is 0 Å². The zero-order valence-electron chi connectivity index (χ0n) is 28.8. The van der Waals surface area contributed by atoms with Gasteiger partial charge < -0.3 is 30.3 Å². The highest BCUT2D eigenvalue weighted by atomic mass is 32.1. The first kappa shape index (κ1) is 35.8. The second kappa shape index (κ2) is 17.3. The van der Waals surface area contributed by atoms with Gasteiger partial charge >= 0.3 is 6.09 Å². The molecule has 0 radical (unpaired) electrons. The summed E-state index contributed by atoms with van der Waals surface area (Å²) in [6, 6.07) is 13.6. The SMILES string of the molecule is O=C(NCc1cccs1)[C@@H]1CN(C(=O)O)CCN1C(=O)[C@@H](CCCCN1CCOCC1)NC1CCC2(CC1)CCN(Cc1ccccc1)C2. The lowest BCUT2D eigenvalue weighted by atomic mass is 9.72. The Morgan fingerprint density at radius 1 is 0.939 bits per heavy atom. The van der Waals surface area contributed by atoms with E-state index in [9.17, 15) is 19.5 Å². The Labute approximate surface area is 294 Å². The van der Waals surface area contributed by atoms with Crippen LogP contribution in [0.4, 0.5) is 4.79 Å². The second-order valence-electron chi connectivity index (χ2n) is 14.5. The average molecular weight is 695 g/mol. The Hall–Kier alpha value is -3.03. The fourth-order valence-corrected chi connectivity index (χ4v) is 8.88. The number of amides is 3. The number of likely N-dealkylation sites (tertiary alicyclic amines) is 1. The van der Waals surface area contributed by atoms with E-state index in [0.717, 1.165) is 95.9 Å². The summed E-state index contributed by atoms with van der Waals surface area (Å²) in [4.78, 5) is 48.9. The van der Waals surface area contributed by atoms with Gasteiger partial charge in [-0.25, -0.2) is 4.79 Å². The molecule has 3 amide bonds. The van der Waals surface area contributed by atoms with Gasteiger partial charge in [-0.15, -0.1) is 11.3 Å². The van der Waals surface area contributed by atoms with Crippen LogP contribution in [0.2, 0.25) is 0 Å². The molecule has 49 heavy (non-hydrogen) atoms. The number of benzene rings is 1. The molecule has 2 atom stereocenters. The van der Waals surface area contributed by atoms with Crippen LogP contribution in [0.3, 0.4) is 0 Å². The molecule has 4 heterocycles. The maximum Gasteiger partial charge on any atom is 0.407 e. The number of thiophene rings is 1. The molecule has 268 valence electrons. The molecule has 4 fully saturated rings. The van der Waals surface area contributed by atoms with Crippen molar-refractivity contribution in [2.45, 2.75) is 82.6 Å². The van der Waals surface area contributed by atoms with Crippen molar-refractivity contribution >= 4 is 29.2 Å². The molecule has 3 N–H and O–H groups in total. The summed E-state index contributed by atoms with van der Waals surface area (Å²) in [6.07, 6.45) is 7.13. The van der Waals surface area contributed by atoms with Gasteiger partial charge in [0.15, 0.2) is 0 Å². The average Bonchev–Trinajstić information content (AvgIpc) is 3.80. The van der Waals surface area contributed by atoms with Gasteiger partial charge in [-0.1, -0.05) is 42.8 Å². The molecule has 1 aromatic heterocycles. The van der Waals surface area contributed by atoms with Crippen molar-refractivity contribution in [1.82, 2.24) is 30.2 Å². The number of hydrogen-bond acceptors (Lipinski definition) is 8. The lowest BCUT2D eigenvalue weighted by molar-refractivity contribution is -0.145. The number of piperazine rings is 1. The van der Waals surface area contributed by atoms with Gasteiger partial charge in [-0.3, -0.25) is 19.4 Å². The third-order valence-electron chi connectivity index (χ3n) is 11.1. The van der Waals surface area contributed by atoms with E-state index in [1.165, 1.54) is 16.9 Å². The van der Waals surface area contributed by atoms with E-state index in [-0.39, 0.29) is 37.5 Å². The number of rotatable bonds is 13. The smallest absolute Gasteiger partial charge is 0.407 e. The third-order valence-corrected chi connectivity index (χ3v) is 12.0. The second-order valence-corrected chi connectivity index (χ2v) is 15.5. The molecule has 4 aliphatic rings. The van der Waals surface area contributed by atoms with E-state index in [0.29, 0.717) is 18.4 Å². The summed E-state index contributed by atoms with van der Waals surface area (Å²) in [5.74, 6) is -0.387. The topological polar surface area (TPSA) is 118 Å². The first-order valence-electron chi connectivity index (χ1n) is 18.3. The zero-order valence-corrected chi connectivity index (χ0v) is 29.6. The van der Waals surface area contributed by atoms with Gasteiger partial charge in [0.05, 0.1) is 32.3 Å². The van der Waals surface area contributed by atoms with Crippen molar-refractivity contribution < 1.29 is 24.2 Å². The Morgan fingerprint density at radius 3 is 2.47 bits per heavy atom. The highest BCUT2D eigenvalue weighted by Crippen LogP contribution is 2.44. The fourth-order valence-electron chi connectivity index (χ4n) is 8.23. The maximum absolute atomic E-state index is 14.4. The van der Waals surface area contributed by atoms with Crippen LogP contribution in [-0.4, -0.2) is 126 Å². The van der Waals surface area contributed by atoms with Crippen molar-refractivity contribution in [3.05, 3.63) is 58.3 Å². The number of ether oxygens (including phenoxy) is 1. The van der Waals surface area contributed by atoms with Crippen molar-refractivity contribution in [3.63, 3.8) is 0 Å². The molecule has 3 saturated heterocycles. The minimum absolute atomic E-state index is 0.0213. The van der Waals surface area contributed by atoms with Gasteiger partial charge in [0, 0.05) is 50.2 Å². The van der Waals surface area contributed by atoms with Crippen LogP contribution in [0, 0.1) is 5.41 Å². The maximum atomic E-state index is 14.4. The van der Waals surface area contributed by atoms with E-state index in [1.54, 1.807) is 16.2 Å². The Morgan fingerprint density at radius 2 is 1.73 bits per heavy atom. The first-order chi connectivity index (χ1) is 23.9. The Kier molecular flexibility index (Phi) is 12.6. The lowest BCUT2D eigenvalue weighted by Crippen LogP contribution is -2.64. The van der Waals surface area contributed by atoms with Gasteiger partial charge in [0.1, 0.15) is 6.04 Å².